The summed E-state index contributed by atoms with van der Waals surface area (Å²) in [7, 11) is -3.72. The highest BCUT2D eigenvalue weighted by Gasteiger charge is 2.43. The number of aryl methyl sites for hydroxylation is 2. The number of halogens is 1. The number of hydrogen-bond donors (Lipinski definition) is 0. The molecular formula is C23H28ClN5O4S. The molecule has 2 aromatic heterocycles. The summed E-state index contributed by atoms with van der Waals surface area (Å²) in [5.41, 5.74) is 3.83. The maximum absolute atomic E-state index is 13.5. The Morgan fingerprint density at radius 1 is 0.912 bits per heavy atom. The molecule has 1 aromatic carbocycles. The summed E-state index contributed by atoms with van der Waals surface area (Å²) in [6, 6.07) is 11.7. The Morgan fingerprint density at radius 3 is 2.15 bits per heavy atom. The third-order valence-corrected chi connectivity index (χ3v) is 8.49. The third kappa shape index (κ3) is 4.36. The fourth-order valence-electron chi connectivity index (χ4n) is 4.52. The van der Waals surface area contributed by atoms with Gasteiger partial charge in [-0.05, 0) is 32.9 Å². The third-order valence-electron chi connectivity index (χ3n) is 6.34. The minimum atomic E-state index is -3.72. The van der Waals surface area contributed by atoms with Gasteiger partial charge in [-0.2, -0.15) is 9.40 Å². The summed E-state index contributed by atoms with van der Waals surface area (Å²) in [6.07, 6.45) is 1.04. The predicted octanol–water partition coefficient (Wildman–Crippen LogP) is 3.20. The molecule has 4 heterocycles. The Hall–Kier alpha value is -2.37. The molecule has 5 rings (SSSR count). The second-order valence-electron chi connectivity index (χ2n) is 8.57. The molecule has 0 amide bonds. The van der Waals surface area contributed by atoms with Crippen LogP contribution in [0.1, 0.15) is 29.8 Å². The molecule has 34 heavy (non-hydrogen) atoms. The first-order chi connectivity index (χ1) is 15.8. The number of sulfonamides is 1. The van der Waals surface area contributed by atoms with Crippen molar-refractivity contribution in [3.8, 4) is 17.1 Å². The quantitative estimate of drug-likeness (QED) is 0.536. The first-order valence-electron chi connectivity index (χ1n) is 11.0. The molecule has 0 aliphatic carbocycles. The van der Waals surface area contributed by atoms with Crippen molar-refractivity contribution >= 4 is 22.4 Å². The van der Waals surface area contributed by atoms with Crippen molar-refractivity contribution in [1.82, 2.24) is 24.3 Å². The summed E-state index contributed by atoms with van der Waals surface area (Å²) in [5, 5.41) is 13.1. The average molecular weight is 506 g/mol. The monoisotopic (exact) mass is 505 g/mol. The lowest BCUT2D eigenvalue weighted by atomic mass is 10.1. The number of piperidine rings is 1. The van der Waals surface area contributed by atoms with Crippen LogP contribution in [0.15, 0.2) is 41.3 Å². The molecule has 2 aliphatic heterocycles. The van der Waals surface area contributed by atoms with Crippen molar-refractivity contribution in [3.05, 3.63) is 53.3 Å². The van der Waals surface area contributed by atoms with E-state index in [4.69, 9.17) is 9.47 Å². The van der Waals surface area contributed by atoms with Gasteiger partial charge < -0.3 is 9.47 Å². The van der Waals surface area contributed by atoms with Gasteiger partial charge in [-0.1, -0.05) is 29.8 Å². The summed E-state index contributed by atoms with van der Waals surface area (Å²) in [5.74, 6) is -0.159. The second kappa shape index (κ2) is 9.35. The van der Waals surface area contributed by atoms with Crippen LogP contribution in [0.25, 0.3) is 17.1 Å². The lowest BCUT2D eigenvalue weighted by Crippen LogP contribution is -2.47. The Morgan fingerprint density at radius 2 is 1.56 bits per heavy atom. The van der Waals surface area contributed by atoms with Gasteiger partial charge in [-0.25, -0.2) is 13.1 Å². The number of nitrogens with zero attached hydrogens (tertiary/aromatic N) is 5. The van der Waals surface area contributed by atoms with Crippen LogP contribution in [-0.2, 0) is 19.5 Å². The lowest BCUT2D eigenvalue weighted by Gasteiger charge is -2.36. The average Bonchev–Trinajstić information content (AvgIpc) is 3.38. The molecule has 0 unspecified atom stereocenters. The van der Waals surface area contributed by atoms with E-state index in [1.807, 2.05) is 37.3 Å². The van der Waals surface area contributed by atoms with Crippen molar-refractivity contribution in [2.45, 2.75) is 44.3 Å². The van der Waals surface area contributed by atoms with Gasteiger partial charge >= 0.3 is 0 Å². The Labute approximate surface area is 205 Å². The fraction of sp³-hybridized carbons (Fsp3) is 0.435. The van der Waals surface area contributed by atoms with Gasteiger partial charge in [0.2, 0.25) is 10.0 Å². The van der Waals surface area contributed by atoms with Gasteiger partial charge in [0.1, 0.15) is 4.90 Å². The van der Waals surface area contributed by atoms with E-state index < -0.39 is 15.8 Å². The topological polar surface area (TPSA) is 99.4 Å². The molecule has 9 nitrogen and oxygen atoms in total. The zero-order valence-electron chi connectivity index (χ0n) is 19.4. The molecule has 0 bridgehead atoms. The molecular weight excluding hydrogens is 478 g/mol. The molecule has 0 saturated carbocycles. The normalized spacial score (nSPS) is 18.2. The summed E-state index contributed by atoms with van der Waals surface area (Å²) >= 11 is 0. The van der Waals surface area contributed by atoms with Crippen LogP contribution < -0.4 is 0 Å². The highest BCUT2D eigenvalue weighted by Crippen LogP contribution is 2.34. The molecule has 2 aliphatic rings. The fourth-order valence-corrected chi connectivity index (χ4v) is 6.32. The zero-order chi connectivity index (χ0) is 23.2. The van der Waals surface area contributed by atoms with Crippen LogP contribution in [0.5, 0.6) is 0 Å². The standard InChI is InChI=1S/C23H27N5O4S.ClH/c1-16-4-6-19(7-5-16)20-8-9-21(25-24-20)28-18(3)22(17(2)26-28)33(29,30)27-12-10-23(11-13-27)31-14-15-32-23;/h4-9H,10-15H2,1-3H3;1H. The van der Waals surface area contributed by atoms with E-state index in [1.54, 1.807) is 24.6 Å². The Kier molecular flexibility index (Phi) is 6.80. The van der Waals surface area contributed by atoms with E-state index in [2.05, 4.69) is 15.3 Å². The Balaban J connectivity index is 0.00000274. The molecule has 2 fully saturated rings. The number of hydrogen-bond acceptors (Lipinski definition) is 7. The number of ether oxygens (including phenoxy) is 2. The SMILES string of the molecule is Cc1ccc(-c2ccc(-n3nc(C)c(S(=O)(=O)N4CCC5(CC4)OCCO5)c3C)nn2)cc1.Cl. The van der Waals surface area contributed by atoms with Crippen molar-refractivity contribution in [3.63, 3.8) is 0 Å². The predicted molar refractivity (Wildman–Crippen MR) is 129 cm³/mol. The van der Waals surface area contributed by atoms with Gasteiger partial charge in [0.15, 0.2) is 11.6 Å². The van der Waals surface area contributed by atoms with Crippen molar-refractivity contribution in [2.24, 2.45) is 0 Å². The summed E-state index contributed by atoms with van der Waals surface area (Å²) in [6.45, 7) is 7.29. The maximum atomic E-state index is 13.5. The van der Waals surface area contributed by atoms with Crippen LogP contribution in [0.3, 0.4) is 0 Å². The number of rotatable bonds is 4. The second-order valence-corrected chi connectivity index (χ2v) is 10.4. The minimum Gasteiger partial charge on any atom is -0.347 e. The molecule has 2 saturated heterocycles. The zero-order valence-corrected chi connectivity index (χ0v) is 21.0. The largest absolute Gasteiger partial charge is 0.347 e. The first-order valence-corrected chi connectivity index (χ1v) is 12.5. The minimum absolute atomic E-state index is 0. The lowest BCUT2D eigenvalue weighted by molar-refractivity contribution is -0.179. The number of benzene rings is 1. The smallest absolute Gasteiger partial charge is 0.246 e. The maximum Gasteiger partial charge on any atom is 0.246 e. The van der Waals surface area contributed by atoms with Gasteiger partial charge in [0, 0.05) is 31.5 Å². The van der Waals surface area contributed by atoms with E-state index in [1.165, 1.54) is 9.87 Å². The highest BCUT2D eigenvalue weighted by molar-refractivity contribution is 7.89. The molecule has 11 heteroatoms. The van der Waals surface area contributed by atoms with Crippen LogP contribution >= 0.6 is 12.4 Å². The Bertz CT molecular complexity index is 1260. The van der Waals surface area contributed by atoms with E-state index in [0.717, 1.165) is 11.3 Å². The van der Waals surface area contributed by atoms with Gasteiger partial charge in [0.05, 0.1) is 30.3 Å². The van der Waals surface area contributed by atoms with E-state index in [9.17, 15) is 8.42 Å². The van der Waals surface area contributed by atoms with E-state index in [-0.39, 0.29) is 17.3 Å². The summed E-state index contributed by atoms with van der Waals surface area (Å²) < 4.78 is 41.5. The number of aromatic nitrogens is 4. The van der Waals surface area contributed by atoms with E-state index in [0.29, 0.717) is 56.4 Å². The highest BCUT2D eigenvalue weighted by atomic mass is 35.5. The molecule has 0 atom stereocenters. The van der Waals surface area contributed by atoms with E-state index >= 15 is 0 Å². The van der Waals surface area contributed by atoms with Gasteiger partial charge in [-0.3, -0.25) is 0 Å². The first kappa shape index (κ1) is 24.7. The molecule has 0 N–H and O–H groups in total. The van der Waals surface area contributed by atoms with Crippen LogP contribution in [0.2, 0.25) is 0 Å². The summed E-state index contributed by atoms with van der Waals surface area (Å²) in [4.78, 5) is 0.219. The molecule has 3 aromatic rings. The van der Waals surface area contributed by atoms with Crippen LogP contribution in [0.4, 0.5) is 0 Å². The molecule has 182 valence electrons. The van der Waals surface area contributed by atoms with Crippen LogP contribution in [0, 0.1) is 20.8 Å². The van der Waals surface area contributed by atoms with Crippen molar-refractivity contribution < 1.29 is 17.9 Å². The van der Waals surface area contributed by atoms with Gasteiger partial charge in [-0.15, -0.1) is 22.6 Å². The molecule has 1 spiro atoms. The van der Waals surface area contributed by atoms with Crippen molar-refractivity contribution in [2.75, 3.05) is 26.3 Å². The molecule has 0 radical (unpaired) electrons. The van der Waals surface area contributed by atoms with Crippen molar-refractivity contribution in [1.29, 1.82) is 0 Å². The van der Waals surface area contributed by atoms with Gasteiger partial charge in [0.25, 0.3) is 0 Å². The van der Waals surface area contributed by atoms with Crippen LogP contribution in [-0.4, -0.2) is 64.8 Å².